The number of nitrogen functional groups attached to an aromatic ring is 1. The molecule has 0 saturated heterocycles. The summed E-state index contributed by atoms with van der Waals surface area (Å²) in [7, 11) is 0. The number of nitrogens with zero attached hydrogens (tertiary/aromatic N) is 1. The number of halogens is 2. The fraction of sp³-hybridized carbons (Fsp3) is 0.0714. The molecule has 3 nitrogen and oxygen atoms in total. The minimum Gasteiger partial charge on any atom is -0.398 e. The summed E-state index contributed by atoms with van der Waals surface area (Å²) in [5, 5.41) is 1.71. The monoisotopic (exact) mass is 323 g/mol. The molecule has 0 atom stereocenters. The van der Waals surface area contributed by atoms with Crippen LogP contribution >= 0.6 is 35.0 Å². The van der Waals surface area contributed by atoms with Gasteiger partial charge in [-0.25, -0.2) is 4.98 Å². The highest BCUT2D eigenvalue weighted by Crippen LogP contribution is 2.36. The Labute approximate surface area is 130 Å². The van der Waals surface area contributed by atoms with Gasteiger partial charge in [-0.15, -0.1) is 0 Å². The van der Waals surface area contributed by atoms with E-state index >= 15 is 0 Å². The number of nitrogens with two attached hydrogens (primary N) is 1. The molecule has 3 aromatic rings. The van der Waals surface area contributed by atoms with Gasteiger partial charge in [-0.3, -0.25) is 0 Å². The van der Waals surface area contributed by atoms with Gasteiger partial charge in [0.25, 0.3) is 0 Å². The number of hydrogen-bond donors (Lipinski definition) is 2. The van der Waals surface area contributed by atoms with Crippen LogP contribution in [-0.4, -0.2) is 9.97 Å². The van der Waals surface area contributed by atoms with Crippen LogP contribution in [-0.2, 0) is 0 Å². The number of benzene rings is 2. The molecular formula is C14H11Cl2N3S. The van der Waals surface area contributed by atoms with E-state index in [0.29, 0.717) is 15.7 Å². The Morgan fingerprint density at radius 1 is 1.15 bits per heavy atom. The Balaban J connectivity index is 1.99. The molecule has 0 aliphatic rings. The van der Waals surface area contributed by atoms with Crippen molar-refractivity contribution in [2.45, 2.75) is 17.0 Å². The maximum Gasteiger partial charge on any atom is 0.171 e. The maximum atomic E-state index is 6.02. The van der Waals surface area contributed by atoms with E-state index in [-0.39, 0.29) is 0 Å². The molecule has 3 N–H and O–H groups in total. The Hall–Kier alpha value is -1.36. The van der Waals surface area contributed by atoms with E-state index in [1.165, 1.54) is 17.3 Å². The molecule has 20 heavy (non-hydrogen) atoms. The lowest BCUT2D eigenvalue weighted by molar-refractivity contribution is 1.08. The van der Waals surface area contributed by atoms with Crippen molar-refractivity contribution < 1.29 is 0 Å². The first kappa shape index (κ1) is 13.6. The second kappa shape index (κ2) is 5.20. The summed E-state index contributed by atoms with van der Waals surface area (Å²) < 4.78 is 0. The zero-order chi connectivity index (χ0) is 14.3. The number of nitrogens with one attached hydrogen (secondary N) is 1. The SMILES string of the molecule is Cc1ccc2nc(Sc3cc(Cl)c(Cl)cc3N)[nH]c2c1. The molecule has 1 aromatic heterocycles. The number of rotatable bonds is 2. The summed E-state index contributed by atoms with van der Waals surface area (Å²) in [6.07, 6.45) is 0. The molecule has 0 bridgehead atoms. The summed E-state index contributed by atoms with van der Waals surface area (Å²) in [4.78, 5) is 8.61. The van der Waals surface area contributed by atoms with E-state index in [1.54, 1.807) is 12.1 Å². The average molecular weight is 324 g/mol. The first-order chi connectivity index (χ1) is 9.52. The fourth-order valence-corrected chi connectivity index (χ4v) is 3.15. The topological polar surface area (TPSA) is 54.7 Å². The summed E-state index contributed by atoms with van der Waals surface area (Å²) in [5.41, 5.74) is 9.66. The number of hydrogen-bond acceptors (Lipinski definition) is 3. The van der Waals surface area contributed by atoms with Gasteiger partial charge in [0.2, 0.25) is 0 Å². The Bertz CT molecular complexity index is 798. The van der Waals surface area contributed by atoms with Gasteiger partial charge in [0, 0.05) is 10.6 Å². The van der Waals surface area contributed by atoms with E-state index in [9.17, 15) is 0 Å². The molecule has 2 aromatic carbocycles. The molecule has 0 unspecified atom stereocenters. The van der Waals surface area contributed by atoms with Gasteiger partial charge >= 0.3 is 0 Å². The predicted molar refractivity (Wildman–Crippen MR) is 85.8 cm³/mol. The van der Waals surface area contributed by atoms with Crippen molar-refractivity contribution in [1.29, 1.82) is 0 Å². The minimum atomic E-state index is 0.453. The third kappa shape index (κ3) is 2.59. The van der Waals surface area contributed by atoms with Crippen molar-refractivity contribution in [2.24, 2.45) is 0 Å². The summed E-state index contributed by atoms with van der Waals surface area (Å²) in [5.74, 6) is 0. The molecule has 1 heterocycles. The van der Waals surface area contributed by atoms with Crippen LogP contribution in [0, 0.1) is 6.92 Å². The molecule has 6 heteroatoms. The second-order valence-electron chi connectivity index (χ2n) is 4.47. The van der Waals surface area contributed by atoms with Crippen molar-refractivity contribution >= 4 is 51.7 Å². The highest BCUT2D eigenvalue weighted by molar-refractivity contribution is 7.99. The summed E-state index contributed by atoms with van der Waals surface area (Å²) >= 11 is 13.4. The van der Waals surface area contributed by atoms with Gasteiger partial charge in [-0.05, 0) is 48.5 Å². The number of aromatic nitrogens is 2. The third-order valence-corrected chi connectivity index (χ3v) is 4.56. The fourth-order valence-electron chi connectivity index (χ4n) is 1.88. The molecule has 0 aliphatic carbocycles. The van der Waals surface area contributed by atoms with Gasteiger partial charge < -0.3 is 10.7 Å². The van der Waals surface area contributed by atoms with Gasteiger partial charge in [-0.1, -0.05) is 29.3 Å². The Kier molecular flexibility index (Phi) is 3.54. The van der Waals surface area contributed by atoms with E-state index in [0.717, 1.165) is 21.1 Å². The van der Waals surface area contributed by atoms with Crippen LogP contribution in [0.4, 0.5) is 5.69 Å². The van der Waals surface area contributed by atoms with Crippen molar-refractivity contribution in [3.05, 3.63) is 45.9 Å². The lowest BCUT2D eigenvalue weighted by Gasteiger charge is -2.05. The molecule has 102 valence electrons. The van der Waals surface area contributed by atoms with Crippen molar-refractivity contribution in [1.82, 2.24) is 9.97 Å². The number of aryl methyl sites for hydroxylation is 1. The molecule has 3 rings (SSSR count). The van der Waals surface area contributed by atoms with Crippen LogP contribution < -0.4 is 5.73 Å². The quantitative estimate of drug-likeness (QED) is 0.658. The van der Waals surface area contributed by atoms with Gasteiger partial charge in [0.15, 0.2) is 5.16 Å². The highest BCUT2D eigenvalue weighted by Gasteiger charge is 2.10. The largest absolute Gasteiger partial charge is 0.398 e. The normalized spacial score (nSPS) is 11.2. The Morgan fingerprint density at radius 3 is 2.70 bits per heavy atom. The Morgan fingerprint density at radius 2 is 1.90 bits per heavy atom. The molecule has 0 spiro atoms. The number of imidazole rings is 1. The number of aromatic amines is 1. The van der Waals surface area contributed by atoms with Crippen LogP contribution in [0.5, 0.6) is 0 Å². The lowest BCUT2D eigenvalue weighted by atomic mass is 10.2. The smallest absolute Gasteiger partial charge is 0.171 e. The third-order valence-electron chi connectivity index (χ3n) is 2.88. The zero-order valence-electron chi connectivity index (χ0n) is 10.6. The maximum absolute atomic E-state index is 6.02. The average Bonchev–Trinajstić information content (AvgIpc) is 2.77. The van der Waals surface area contributed by atoms with Gasteiger partial charge in [0.1, 0.15) is 0 Å². The lowest BCUT2D eigenvalue weighted by Crippen LogP contribution is -1.89. The first-order valence-corrected chi connectivity index (χ1v) is 7.49. The molecular weight excluding hydrogens is 313 g/mol. The van der Waals surface area contributed by atoms with Gasteiger partial charge in [0.05, 0.1) is 21.1 Å². The van der Waals surface area contributed by atoms with Crippen LogP contribution in [0.3, 0.4) is 0 Å². The molecule has 0 aliphatic heterocycles. The first-order valence-electron chi connectivity index (χ1n) is 5.91. The van der Waals surface area contributed by atoms with E-state index in [4.69, 9.17) is 28.9 Å². The molecule has 0 amide bonds. The van der Waals surface area contributed by atoms with Crippen molar-refractivity contribution in [3.63, 3.8) is 0 Å². The predicted octanol–water partition coefficient (Wildman–Crippen LogP) is 4.91. The van der Waals surface area contributed by atoms with E-state index in [1.807, 2.05) is 19.1 Å². The van der Waals surface area contributed by atoms with Crippen LogP contribution in [0.25, 0.3) is 11.0 Å². The summed E-state index contributed by atoms with van der Waals surface area (Å²) in [6, 6.07) is 9.49. The van der Waals surface area contributed by atoms with Crippen LogP contribution in [0.2, 0.25) is 10.0 Å². The number of anilines is 1. The van der Waals surface area contributed by atoms with E-state index < -0.39 is 0 Å². The van der Waals surface area contributed by atoms with E-state index in [2.05, 4.69) is 16.0 Å². The molecule has 0 radical (unpaired) electrons. The standard InChI is InChI=1S/C14H11Cl2N3S/c1-7-2-3-11-12(4-7)19-14(18-11)20-13-6-9(16)8(15)5-10(13)17/h2-6H,17H2,1H3,(H,18,19). The molecule has 0 saturated carbocycles. The van der Waals surface area contributed by atoms with Crippen molar-refractivity contribution in [3.8, 4) is 0 Å². The summed E-state index contributed by atoms with van der Waals surface area (Å²) in [6.45, 7) is 2.05. The molecule has 0 fully saturated rings. The second-order valence-corrected chi connectivity index (χ2v) is 6.31. The van der Waals surface area contributed by atoms with Crippen LogP contribution in [0.1, 0.15) is 5.56 Å². The van der Waals surface area contributed by atoms with Gasteiger partial charge in [-0.2, -0.15) is 0 Å². The zero-order valence-corrected chi connectivity index (χ0v) is 12.9. The highest BCUT2D eigenvalue weighted by atomic mass is 35.5. The van der Waals surface area contributed by atoms with Crippen molar-refractivity contribution in [2.75, 3.05) is 5.73 Å². The van der Waals surface area contributed by atoms with Crippen LogP contribution in [0.15, 0.2) is 40.4 Å². The number of fused-ring (bicyclic) bond motifs is 1. The minimum absolute atomic E-state index is 0.453. The number of H-pyrrole nitrogens is 1.